The first-order valence-electron chi connectivity index (χ1n) is 4.30. The second-order valence-corrected chi connectivity index (χ2v) is 2.88. The van der Waals surface area contributed by atoms with Crippen LogP contribution < -0.4 is 11.3 Å². The van der Waals surface area contributed by atoms with Crippen molar-refractivity contribution in [2.45, 2.75) is 6.73 Å². The molecule has 7 heteroatoms. The molecule has 0 saturated heterocycles. The maximum Gasteiger partial charge on any atom is 0.302 e. The monoisotopic (exact) mass is 208 g/mol. The normalized spacial score (nSPS) is 11.0. The number of hydrogen-bond acceptors (Lipinski definition) is 5. The summed E-state index contributed by atoms with van der Waals surface area (Å²) >= 11 is 0. The zero-order valence-electron chi connectivity index (χ0n) is 7.93. The van der Waals surface area contributed by atoms with Gasteiger partial charge in [0.05, 0.1) is 6.33 Å². The highest BCUT2D eigenvalue weighted by atomic mass is 16.5. The van der Waals surface area contributed by atoms with Gasteiger partial charge in [0.15, 0.2) is 5.52 Å². The molecule has 0 aliphatic heterocycles. The Kier molecular flexibility index (Phi) is 2.38. The predicted molar refractivity (Wildman–Crippen MR) is 53.9 cm³/mol. The van der Waals surface area contributed by atoms with Gasteiger partial charge in [-0.2, -0.15) is 4.98 Å². The van der Waals surface area contributed by atoms with Crippen LogP contribution >= 0.6 is 0 Å². The van der Waals surface area contributed by atoms with Crippen molar-refractivity contribution in [1.82, 2.24) is 19.5 Å². The Labute approximate surface area is 84.9 Å². The Morgan fingerprint density at radius 2 is 2.47 bits per heavy atom. The Hall–Kier alpha value is -1.89. The van der Waals surface area contributed by atoms with Crippen molar-refractivity contribution in [3.63, 3.8) is 0 Å². The van der Waals surface area contributed by atoms with Crippen molar-refractivity contribution in [3.8, 4) is 0 Å². The van der Waals surface area contributed by atoms with Gasteiger partial charge in [0, 0.05) is 6.61 Å². The fourth-order valence-electron chi connectivity index (χ4n) is 1.24. The smallest absolute Gasteiger partial charge is 0.302 e. The summed E-state index contributed by atoms with van der Waals surface area (Å²) in [5, 5.41) is 0. The maximum absolute atomic E-state index is 11.3. The number of aromatic amines is 1. The molecule has 2 heterocycles. The molecule has 0 saturated carbocycles. The van der Waals surface area contributed by atoms with Crippen LogP contribution in [0.25, 0.3) is 11.2 Å². The van der Waals surface area contributed by atoms with E-state index in [9.17, 15) is 4.79 Å². The summed E-state index contributed by atoms with van der Waals surface area (Å²) in [7, 11) is 0. The molecule has 0 bridgehead atoms. The van der Waals surface area contributed by atoms with Gasteiger partial charge in [0.2, 0.25) is 5.95 Å². The minimum Gasteiger partial charge on any atom is -0.369 e. The van der Waals surface area contributed by atoms with Gasteiger partial charge in [-0.15, -0.1) is 0 Å². The number of rotatable bonds is 3. The number of ether oxygens (including phenoxy) is 1. The first-order valence-corrected chi connectivity index (χ1v) is 4.30. The molecule has 1 radical (unpaired) electrons. The molecular formula is C8H10N5O2. The highest BCUT2D eigenvalue weighted by Gasteiger charge is 2.07. The van der Waals surface area contributed by atoms with Crippen molar-refractivity contribution < 1.29 is 4.74 Å². The highest BCUT2D eigenvalue weighted by molar-refractivity contribution is 5.70. The third kappa shape index (κ3) is 1.68. The Morgan fingerprint density at radius 1 is 1.67 bits per heavy atom. The molecular weight excluding hydrogens is 198 g/mol. The quantitative estimate of drug-likeness (QED) is 0.709. The predicted octanol–water partition coefficient (Wildman–Crippen LogP) is -0.490. The lowest BCUT2D eigenvalue weighted by atomic mass is 10.5. The van der Waals surface area contributed by atoms with Crippen LogP contribution in [0.3, 0.4) is 0 Å². The standard InChI is InChI=1S/C8H10N5O2/c1-2-15-4-13-3-10-5-6(13)11-8(9)12-7(5)14/h3H,1-2,4H2,(H3,9,11,12,14). The Morgan fingerprint density at radius 3 is 3.20 bits per heavy atom. The fraction of sp³-hybridized carbons (Fsp3) is 0.250. The van der Waals surface area contributed by atoms with Crippen LogP contribution in [0.15, 0.2) is 11.1 Å². The molecule has 0 amide bonds. The minimum atomic E-state index is -0.449. The van der Waals surface area contributed by atoms with E-state index in [-0.39, 0.29) is 18.2 Å². The van der Waals surface area contributed by atoms with Crippen molar-refractivity contribution in [3.05, 3.63) is 23.6 Å². The summed E-state index contributed by atoms with van der Waals surface area (Å²) in [6, 6.07) is 0. The lowest BCUT2D eigenvalue weighted by molar-refractivity contribution is 0.101. The molecule has 2 aromatic rings. The number of nitrogen functional groups attached to an aromatic ring is 1. The molecule has 0 atom stereocenters. The summed E-state index contributed by atoms with van der Waals surface area (Å²) in [5.41, 5.74) is 5.72. The molecule has 15 heavy (non-hydrogen) atoms. The molecule has 7 nitrogen and oxygen atoms in total. The lowest BCUT2D eigenvalue weighted by Crippen LogP contribution is -2.12. The first kappa shape index (κ1) is 9.66. The maximum atomic E-state index is 11.3. The number of aromatic nitrogens is 4. The molecule has 0 aliphatic carbocycles. The SMILES string of the molecule is [CH2]COCn1cnc2c(=O)nc(N)[nH]c21. The van der Waals surface area contributed by atoms with Crippen LogP contribution in [-0.2, 0) is 11.5 Å². The second kappa shape index (κ2) is 3.70. The van der Waals surface area contributed by atoms with Crippen LogP contribution in [0.4, 0.5) is 5.95 Å². The summed E-state index contributed by atoms with van der Waals surface area (Å²) in [4.78, 5) is 21.5. The first-order chi connectivity index (χ1) is 7.22. The molecule has 0 aliphatic rings. The number of nitrogens with one attached hydrogen (secondary N) is 1. The van der Waals surface area contributed by atoms with Crippen molar-refractivity contribution in [2.24, 2.45) is 0 Å². The van der Waals surface area contributed by atoms with Gasteiger partial charge < -0.3 is 15.5 Å². The number of nitrogens with zero attached hydrogens (tertiary/aromatic N) is 3. The fourth-order valence-corrected chi connectivity index (χ4v) is 1.24. The number of nitrogens with two attached hydrogens (primary N) is 1. The Bertz CT molecular complexity index is 529. The van der Waals surface area contributed by atoms with Gasteiger partial charge in [-0.1, -0.05) is 0 Å². The zero-order valence-corrected chi connectivity index (χ0v) is 7.93. The van der Waals surface area contributed by atoms with Crippen LogP contribution in [0.5, 0.6) is 0 Å². The van der Waals surface area contributed by atoms with E-state index >= 15 is 0 Å². The van der Waals surface area contributed by atoms with Gasteiger partial charge >= 0.3 is 5.56 Å². The van der Waals surface area contributed by atoms with Gasteiger partial charge in [0.25, 0.3) is 0 Å². The molecule has 2 rings (SSSR count). The molecule has 0 spiro atoms. The average molecular weight is 208 g/mol. The Balaban J connectivity index is 2.53. The lowest BCUT2D eigenvalue weighted by Gasteiger charge is -2.03. The number of hydrogen-bond donors (Lipinski definition) is 2. The van der Waals surface area contributed by atoms with E-state index in [4.69, 9.17) is 10.5 Å². The van der Waals surface area contributed by atoms with E-state index in [1.807, 2.05) is 0 Å². The van der Waals surface area contributed by atoms with Crippen LogP contribution in [-0.4, -0.2) is 26.1 Å². The molecule has 2 aromatic heterocycles. The van der Waals surface area contributed by atoms with Gasteiger partial charge in [-0.25, -0.2) is 4.98 Å². The number of imidazole rings is 1. The number of H-pyrrole nitrogens is 1. The van der Waals surface area contributed by atoms with Crippen molar-refractivity contribution in [2.75, 3.05) is 12.3 Å². The van der Waals surface area contributed by atoms with Crippen molar-refractivity contribution in [1.29, 1.82) is 0 Å². The third-order valence-corrected chi connectivity index (χ3v) is 1.88. The molecule has 0 aromatic carbocycles. The average Bonchev–Trinajstić information content (AvgIpc) is 2.58. The molecule has 0 unspecified atom stereocenters. The molecule has 79 valence electrons. The third-order valence-electron chi connectivity index (χ3n) is 1.88. The number of anilines is 1. The number of fused-ring (bicyclic) bond motifs is 1. The van der Waals surface area contributed by atoms with Gasteiger partial charge in [-0.05, 0) is 6.92 Å². The van der Waals surface area contributed by atoms with E-state index in [2.05, 4.69) is 21.9 Å². The zero-order chi connectivity index (χ0) is 10.8. The van der Waals surface area contributed by atoms with E-state index in [0.29, 0.717) is 12.3 Å². The summed E-state index contributed by atoms with van der Waals surface area (Å²) in [5.74, 6) is 0.0591. The van der Waals surface area contributed by atoms with E-state index in [1.165, 1.54) is 6.33 Å². The highest BCUT2D eigenvalue weighted by Crippen LogP contribution is 2.05. The van der Waals surface area contributed by atoms with Crippen LogP contribution in [0, 0.1) is 6.92 Å². The summed E-state index contributed by atoms with van der Waals surface area (Å²) in [6.07, 6.45) is 1.49. The van der Waals surface area contributed by atoms with Gasteiger partial charge in [-0.3, -0.25) is 9.36 Å². The topological polar surface area (TPSA) is 98.8 Å². The van der Waals surface area contributed by atoms with Crippen molar-refractivity contribution >= 4 is 17.1 Å². The summed E-state index contributed by atoms with van der Waals surface area (Å²) < 4.78 is 6.72. The van der Waals surface area contributed by atoms with E-state index < -0.39 is 5.56 Å². The van der Waals surface area contributed by atoms with E-state index in [0.717, 1.165) is 0 Å². The second-order valence-electron chi connectivity index (χ2n) is 2.88. The molecule has 3 N–H and O–H groups in total. The summed E-state index contributed by atoms with van der Waals surface area (Å²) in [6.45, 7) is 4.14. The van der Waals surface area contributed by atoms with Gasteiger partial charge in [0.1, 0.15) is 12.4 Å². The van der Waals surface area contributed by atoms with Crippen LogP contribution in [0.2, 0.25) is 0 Å². The largest absolute Gasteiger partial charge is 0.369 e. The molecule has 0 fully saturated rings. The van der Waals surface area contributed by atoms with E-state index in [1.54, 1.807) is 4.57 Å². The minimum absolute atomic E-state index is 0.0591. The van der Waals surface area contributed by atoms with Crippen LogP contribution in [0.1, 0.15) is 0 Å².